The molecule has 0 bridgehead atoms. The molecule has 17 heavy (non-hydrogen) atoms. The Kier molecular flexibility index (Phi) is 3.72. The molecule has 0 aliphatic carbocycles. The summed E-state index contributed by atoms with van der Waals surface area (Å²) in [6.45, 7) is 2.64. The van der Waals surface area contributed by atoms with Crippen molar-refractivity contribution in [3.8, 4) is 11.5 Å². The Labute approximate surface area is 99.5 Å². The summed E-state index contributed by atoms with van der Waals surface area (Å²) >= 11 is 0. The number of hydrogen-bond donors (Lipinski definition) is 2. The van der Waals surface area contributed by atoms with E-state index in [1.54, 1.807) is 0 Å². The Balaban J connectivity index is 2.11. The van der Waals surface area contributed by atoms with Crippen LogP contribution in [0.15, 0.2) is 28.8 Å². The van der Waals surface area contributed by atoms with Crippen LogP contribution in [-0.2, 0) is 6.42 Å². The average molecular weight is 233 g/mol. The van der Waals surface area contributed by atoms with Crippen molar-refractivity contribution in [1.82, 2.24) is 10.1 Å². The second-order valence-electron chi connectivity index (χ2n) is 3.60. The van der Waals surface area contributed by atoms with Crippen molar-refractivity contribution in [1.29, 1.82) is 0 Å². The zero-order valence-corrected chi connectivity index (χ0v) is 9.68. The van der Waals surface area contributed by atoms with Crippen LogP contribution in [0.25, 0.3) is 11.5 Å². The maximum atomic E-state index is 8.69. The van der Waals surface area contributed by atoms with Crippen LogP contribution in [0, 0.1) is 0 Å². The molecule has 0 fully saturated rings. The molecular formula is C12H15N3O2. The molecule has 90 valence electrons. The van der Waals surface area contributed by atoms with E-state index in [0.29, 0.717) is 18.3 Å². The fraction of sp³-hybridized carbons (Fsp3) is 0.333. The molecule has 1 heterocycles. The fourth-order valence-corrected chi connectivity index (χ4v) is 1.45. The summed E-state index contributed by atoms with van der Waals surface area (Å²) in [6.07, 6.45) is 0.764. The van der Waals surface area contributed by atoms with Crippen LogP contribution in [0.2, 0.25) is 0 Å². The molecule has 1 aromatic carbocycles. The van der Waals surface area contributed by atoms with Crippen LogP contribution in [0.3, 0.4) is 0 Å². The van der Waals surface area contributed by atoms with Gasteiger partial charge in [0.05, 0.1) is 6.61 Å². The largest absolute Gasteiger partial charge is 0.395 e. The first kappa shape index (κ1) is 11.6. The van der Waals surface area contributed by atoms with Crippen molar-refractivity contribution in [3.05, 3.63) is 30.1 Å². The molecule has 2 aromatic rings. The Morgan fingerprint density at radius 3 is 2.65 bits per heavy atom. The van der Waals surface area contributed by atoms with E-state index in [9.17, 15) is 0 Å². The van der Waals surface area contributed by atoms with Gasteiger partial charge in [-0.05, 0) is 24.3 Å². The van der Waals surface area contributed by atoms with E-state index in [-0.39, 0.29) is 6.61 Å². The molecule has 0 saturated carbocycles. The Hall–Kier alpha value is -1.88. The quantitative estimate of drug-likeness (QED) is 0.822. The SMILES string of the molecule is CCc1noc(-c2ccc(NCCO)cc2)n1. The molecule has 0 aliphatic rings. The smallest absolute Gasteiger partial charge is 0.257 e. The maximum Gasteiger partial charge on any atom is 0.257 e. The summed E-state index contributed by atoms with van der Waals surface area (Å²) in [7, 11) is 0. The first-order chi connectivity index (χ1) is 8.33. The van der Waals surface area contributed by atoms with Crippen LogP contribution < -0.4 is 5.32 Å². The molecule has 0 saturated heterocycles. The van der Waals surface area contributed by atoms with E-state index in [0.717, 1.165) is 17.7 Å². The minimum atomic E-state index is 0.116. The molecule has 0 spiro atoms. The molecule has 2 rings (SSSR count). The third kappa shape index (κ3) is 2.82. The number of rotatable bonds is 5. The minimum absolute atomic E-state index is 0.116. The summed E-state index contributed by atoms with van der Waals surface area (Å²) in [5.41, 5.74) is 1.85. The van der Waals surface area contributed by atoms with E-state index in [2.05, 4.69) is 15.5 Å². The summed E-state index contributed by atoms with van der Waals surface area (Å²) in [5, 5.41) is 15.6. The van der Waals surface area contributed by atoms with Gasteiger partial charge in [-0.15, -0.1) is 0 Å². The van der Waals surface area contributed by atoms with Crippen molar-refractivity contribution in [3.63, 3.8) is 0 Å². The fourth-order valence-electron chi connectivity index (χ4n) is 1.45. The molecule has 0 radical (unpaired) electrons. The van der Waals surface area contributed by atoms with Crippen LogP contribution >= 0.6 is 0 Å². The zero-order valence-electron chi connectivity index (χ0n) is 9.68. The highest BCUT2D eigenvalue weighted by Crippen LogP contribution is 2.19. The lowest BCUT2D eigenvalue weighted by Crippen LogP contribution is -2.04. The second kappa shape index (κ2) is 5.45. The summed E-state index contributed by atoms with van der Waals surface area (Å²) < 4.78 is 5.14. The van der Waals surface area contributed by atoms with Gasteiger partial charge in [-0.1, -0.05) is 12.1 Å². The molecule has 0 amide bonds. The molecule has 0 unspecified atom stereocenters. The molecule has 0 atom stereocenters. The lowest BCUT2D eigenvalue weighted by molar-refractivity contribution is 0.311. The molecule has 5 nitrogen and oxygen atoms in total. The van der Waals surface area contributed by atoms with Gasteiger partial charge in [0.25, 0.3) is 5.89 Å². The van der Waals surface area contributed by atoms with E-state index in [4.69, 9.17) is 9.63 Å². The van der Waals surface area contributed by atoms with Crippen molar-refractivity contribution >= 4 is 5.69 Å². The Morgan fingerprint density at radius 1 is 1.29 bits per heavy atom. The highest BCUT2D eigenvalue weighted by molar-refractivity contribution is 5.58. The summed E-state index contributed by atoms with van der Waals surface area (Å²) in [5.74, 6) is 1.25. The monoisotopic (exact) mass is 233 g/mol. The van der Waals surface area contributed by atoms with E-state index >= 15 is 0 Å². The number of aliphatic hydroxyl groups is 1. The average Bonchev–Trinajstić information content (AvgIpc) is 2.86. The first-order valence-electron chi connectivity index (χ1n) is 5.61. The van der Waals surface area contributed by atoms with Crippen molar-refractivity contribution in [2.75, 3.05) is 18.5 Å². The third-order valence-corrected chi connectivity index (χ3v) is 2.36. The van der Waals surface area contributed by atoms with Gasteiger partial charge in [0.15, 0.2) is 5.82 Å². The van der Waals surface area contributed by atoms with Crippen LogP contribution in [-0.4, -0.2) is 28.4 Å². The Bertz CT molecular complexity index is 465. The van der Waals surface area contributed by atoms with Crippen LogP contribution in [0.5, 0.6) is 0 Å². The predicted octanol–water partition coefficient (Wildman–Crippen LogP) is 1.70. The highest BCUT2D eigenvalue weighted by Gasteiger charge is 2.06. The third-order valence-electron chi connectivity index (χ3n) is 2.36. The number of anilines is 1. The van der Waals surface area contributed by atoms with Crippen molar-refractivity contribution in [2.45, 2.75) is 13.3 Å². The topological polar surface area (TPSA) is 71.2 Å². The number of benzene rings is 1. The predicted molar refractivity (Wildman–Crippen MR) is 64.7 cm³/mol. The van der Waals surface area contributed by atoms with E-state index in [1.807, 2.05) is 31.2 Å². The maximum absolute atomic E-state index is 8.69. The van der Waals surface area contributed by atoms with Gasteiger partial charge < -0.3 is 14.9 Å². The van der Waals surface area contributed by atoms with Gasteiger partial charge in [0.1, 0.15) is 0 Å². The second-order valence-corrected chi connectivity index (χ2v) is 3.60. The van der Waals surface area contributed by atoms with Crippen LogP contribution in [0.4, 0.5) is 5.69 Å². The van der Waals surface area contributed by atoms with Crippen molar-refractivity contribution in [2.24, 2.45) is 0 Å². The highest BCUT2D eigenvalue weighted by atomic mass is 16.5. The lowest BCUT2D eigenvalue weighted by Gasteiger charge is -2.03. The number of aliphatic hydroxyl groups excluding tert-OH is 1. The summed E-state index contributed by atoms with van der Waals surface area (Å²) in [4.78, 5) is 4.25. The van der Waals surface area contributed by atoms with Gasteiger partial charge in [0, 0.05) is 24.2 Å². The lowest BCUT2D eigenvalue weighted by atomic mass is 10.2. The van der Waals surface area contributed by atoms with E-state index < -0.39 is 0 Å². The van der Waals surface area contributed by atoms with Gasteiger partial charge >= 0.3 is 0 Å². The normalized spacial score (nSPS) is 10.5. The van der Waals surface area contributed by atoms with Crippen molar-refractivity contribution < 1.29 is 9.63 Å². The number of hydrogen-bond acceptors (Lipinski definition) is 5. The summed E-state index contributed by atoms with van der Waals surface area (Å²) in [6, 6.07) is 7.65. The number of nitrogens with zero attached hydrogens (tertiary/aromatic N) is 2. The molecule has 2 N–H and O–H groups in total. The standard InChI is InChI=1S/C12H15N3O2/c1-2-11-14-12(17-15-11)9-3-5-10(6-4-9)13-7-8-16/h3-6,13,16H,2,7-8H2,1H3. The Morgan fingerprint density at radius 2 is 2.06 bits per heavy atom. The number of aryl methyl sites for hydroxylation is 1. The number of aromatic nitrogens is 2. The molecule has 5 heteroatoms. The van der Waals surface area contributed by atoms with E-state index in [1.165, 1.54) is 0 Å². The van der Waals surface area contributed by atoms with Gasteiger partial charge in [-0.3, -0.25) is 0 Å². The van der Waals surface area contributed by atoms with Gasteiger partial charge in [-0.2, -0.15) is 4.98 Å². The van der Waals surface area contributed by atoms with Crippen LogP contribution in [0.1, 0.15) is 12.7 Å². The molecular weight excluding hydrogens is 218 g/mol. The minimum Gasteiger partial charge on any atom is -0.395 e. The number of nitrogens with one attached hydrogen (secondary N) is 1. The van der Waals surface area contributed by atoms with Gasteiger partial charge in [0.2, 0.25) is 0 Å². The first-order valence-corrected chi connectivity index (χ1v) is 5.61. The molecule has 0 aliphatic heterocycles. The molecule has 1 aromatic heterocycles. The van der Waals surface area contributed by atoms with Gasteiger partial charge in [-0.25, -0.2) is 0 Å². The zero-order chi connectivity index (χ0) is 12.1.